The second-order valence-corrected chi connectivity index (χ2v) is 5.01. The number of hydrogen-bond acceptors (Lipinski definition) is 3. The molecule has 1 atom stereocenters. The van der Waals surface area contributed by atoms with E-state index in [-0.39, 0.29) is 11.7 Å². The number of nitrogens with one attached hydrogen (secondary N) is 2. The van der Waals surface area contributed by atoms with E-state index in [1.807, 2.05) is 25.1 Å². The first-order valence-electron chi connectivity index (χ1n) is 6.60. The van der Waals surface area contributed by atoms with Gasteiger partial charge in [-0.15, -0.1) is 0 Å². The quantitative estimate of drug-likeness (QED) is 0.910. The molecule has 108 valence electrons. The van der Waals surface area contributed by atoms with Crippen LogP contribution in [0.2, 0.25) is 0 Å². The monoisotopic (exact) mass is 286 g/mol. The summed E-state index contributed by atoms with van der Waals surface area (Å²) in [6.07, 6.45) is 0. The molecule has 2 aromatic rings. The summed E-state index contributed by atoms with van der Waals surface area (Å²) in [6, 6.07) is 9.77. The molecule has 0 spiro atoms. The van der Waals surface area contributed by atoms with Crippen LogP contribution in [0.5, 0.6) is 5.75 Å². The van der Waals surface area contributed by atoms with Crippen LogP contribution in [0.15, 0.2) is 36.4 Å². The van der Waals surface area contributed by atoms with Crippen molar-refractivity contribution in [1.82, 2.24) is 0 Å². The molecule has 0 saturated carbocycles. The maximum Gasteiger partial charge on any atom is 0.251 e. The van der Waals surface area contributed by atoms with E-state index < -0.39 is 11.9 Å². The normalized spacial score (nSPS) is 16.3. The van der Waals surface area contributed by atoms with Crippen molar-refractivity contribution in [1.29, 1.82) is 0 Å². The van der Waals surface area contributed by atoms with E-state index in [0.29, 0.717) is 5.69 Å². The summed E-state index contributed by atoms with van der Waals surface area (Å²) in [5.74, 6) is -0.440. The van der Waals surface area contributed by atoms with Crippen LogP contribution in [0.1, 0.15) is 17.2 Å². The summed E-state index contributed by atoms with van der Waals surface area (Å²) in [7, 11) is 1.41. The largest absolute Gasteiger partial charge is 0.494 e. The van der Waals surface area contributed by atoms with Gasteiger partial charge in [0.1, 0.15) is 6.04 Å². The highest BCUT2D eigenvalue weighted by molar-refractivity contribution is 6.04. The number of hydrogen-bond donors (Lipinski definition) is 2. The van der Waals surface area contributed by atoms with Crippen LogP contribution >= 0.6 is 0 Å². The van der Waals surface area contributed by atoms with Crippen molar-refractivity contribution in [3.05, 3.63) is 53.3 Å². The van der Waals surface area contributed by atoms with Gasteiger partial charge in [-0.1, -0.05) is 17.7 Å². The minimum Gasteiger partial charge on any atom is -0.494 e. The van der Waals surface area contributed by atoms with Crippen molar-refractivity contribution < 1.29 is 13.9 Å². The predicted molar refractivity (Wildman–Crippen MR) is 79.1 cm³/mol. The highest BCUT2D eigenvalue weighted by atomic mass is 19.1. The first-order valence-corrected chi connectivity index (χ1v) is 6.60. The van der Waals surface area contributed by atoms with Crippen LogP contribution in [0.3, 0.4) is 0 Å². The van der Waals surface area contributed by atoms with E-state index in [2.05, 4.69) is 10.6 Å². The molecule has 1 heterocycles. The molecule has 2 N–H and O–H groups in total. The molecule has 4 nitrogen and oxygen atoms in total. The first kappa shape index (κ1) is 13.4. The minimum atomic E-state index is -0.521. The number of aryl methyl sites for hydroxylation is 1. The van der Waals surface area contributed by atoms with Gasteiger partial charge >= 0.3 is 0 Å². The number of methoxy groups -OCH3 is 1. The fourth-order valence-corrected chi connectivity index (χ4v) is 2.45. The average Bonchev–Trinajstić information content (AvgIpc) is 2.75. The lowest BCUT2D eigenvalue weighted by atomic mass is 10.1. The molecule has 1 amide bonds. The third kappa shape index (κ3) is 2.42. The Balaban J connectivity index is 1.90. The molecule has 1 aliphatic heterocycles. The highest BCUT2D eigenvalue weighted by Gasteiger charge is 2.30. The van der Waals surface area contributed by atoms with Gasteiger partial charge in [0.25, 0.3) is 5.91 Å². The zero-order valence-corrected chi connectivity index (χ0v) is 11.7. The Morgan fingerprint density at radius 1 is 1.24 bits per heavy atom. The molecule has 3 rings (SSSR count). The molecule has 0 fully saturated rings. The molecule has 0 radical (unpaired) electrons. The summed E-state index contributed by atoms with van der Waals surface area (Å²) in [4.78, 5) is 12.1. The van der Waals surface area contributed by atoms with E-state index in [0.717, 1.165) is 16.8 Å². The topological polar surface area (TPSA) is 50.4 Å². The molecule has 0 bridgehead atoms. The SMILES string of the molecule is COc1ccc(NC2C(=O)Nc3ccc(C)cc32)cc1F. The molecule has 0 aromatic heterocycles. The Hall–Kier alpha value is -2.56. The fraction of sp³-hybridized carbons (Fsp3) is 0.188. The Kier molecular flexibility index (Phi) is 3.25. The standard InChI is InChI=1S/C16H15FN2O2/c1-9-3-5-13-11(7-9)15(16(20)19-13)18-10-4-6-14(21-2)12(17)8-10/h3-8,15,18H,1-2H3,(H,19,20). The van der Waals surface area contributed by atoms with Gasteiger partial charge < -0.3 is 15.4 Å². The van der Waals surface area contributed by atoms with Gasteiger partial charge in [-0.25, -0.2) is 4.39 Å². The van der Waals surface area contributed by atoms with Gasteiger partial charge in [-0.3, -0.25) is 4.79 Å². The van der Waals surface area contributed by atoms with E-state index >= 15 is 0 Å². The van der Waals surface area contributed by atoms with Gasteiger partial charge in [0, 0.05) is 23.0 Å². The van der Waals surface area contributed by atoms with Gasteiger partial charge in [0.05, 0.1) is 7.11 Å². The lowest BCUT2D eigenvalue weighted by Crippen LogP contribution is -2.19. The van der Waals surface area contributed by atoms with Gasteiger partial charge in [-0.2, -0.15) is 0 Å². The van der Waals surface area contributed by atoms with E-state index in [1.165, 1.54) is 19.2 Å². The molecular formula is C16H15FN2O2. The molecule has 21 heavy (non-hydrogen) atoms. The van der Waals surface area contributed by atoms with Crippen LogP contribution in [0, 0.1) is 12.7 Å². The van der Waals surface area contributed by atoms with E-state index in [1.54, 1.807) is 6.07 Å². The molecule has 0 saturated heterocycles. The zero-order valence-electron chi connectivity index (χ0n) is 11.7. The Bertz CT molecular complexity index is 715. The van der Waals surface area contributed by atoms with Crippen molar-refractivity contribution >= 4 is 17.3 Å². The number of carbonyl (C=O) groups is 1. The van der Waals surface area contributed by atoms with Crippen molar-refractivity contribution in [3.8, 4) is 5.75 Å². The van der Waals surface area contributed by atoms with Crippen LogP contribution in [-0.4, -0.2) is 13.0 Å². The first-order chi connectivity index (χ1) is 10.1. The summed E-state index contributed by atoms with van der Waals surface area (Å²) in [5, 5.41) is 5.87. The molecular weight excluding hydrogens is 271 g/mol. The number of fused-ring (bicyclic) bond motifs is 1. The number of anilines is 2. The predicted octanol–water partition coefficient (Wildman–Crippen LogP) is 3.25. The van der Waals surface area contributed by atoms with Gasteiger partial charge in [-0.05, 0) is 25.1 Å². The van der Waals surface area contributed by atoms with Crippen molar-refractivity contribution in [3.63, 3.8) is 0 Å². The summed E-state index contributed by atoms with van der Waals surface area (Å²) < 4.78 is 18.6. The Morgan fingerprint density at radius 3 is 2.76 bits per heavy atom. The molecule has 1 unspecified atom stereocenters. The second kappa shape index (κ2) is 5.09. The molecule has 1 aliphatic rings. The van der Waals surface area contributed by atoms with Crippen LogP contribution in [0.25, 0.3) is 0 Å². The number of halogens is 1. The maximum absolute atomic E-state index is 13.7. The van der Waals surface area contributed by atoms with Crippen molar-refractivity contribution in [2.75, 3.05) is 17.7 Å². The lowest BCUT2D eigenvalue weighted by molar-refractivity contribution is -0.116. The van der Waals surface area contributed by atoms with E-state index in [9.17, 15) is 9.18 Å². The van der Waals surface area contributed by atoms with Crippen molar-refractivity contribution in [2.24, 2.45) is 0 Å². The highest BCUT2D eigenvalue weighted by Crippen LogP contribution is 2.34. The van der Waals surface area contributed by atoms with Gasteiger partial charge in [0.2, 0.25) is 0 Å². The van der Waals surface area contributed by atoms with Crippen LogP contribution in [-0.2, 0) is 4.79 Å². The summed E-state index contributed by atoms with van der Waals surface area (Å²) in [5.41, 5.74) is 3.26. The second-order valence-electron chi connectivity index (χ2n) is 5.01. The Labute approximate surface area is 121 Å². The number of benzene rings is 2. The minimum absolute atomic E-state index is 0.146. The van der Waals surface area contributed by atoms with Crippen LogP contribution in [0.4, 0.5) is 15.8 Å². The molecule has 2 aromatic carbocycles. The zero-order chi connectivity index (χ0) is 15.0. The molecule has 0 aliphatic carbocycles. The smallest absolute Gasteiger partial charge is 0.251 e. The van der Waals surface area contributed by atoms with E-state index in [4.69, 9.17) is 4.74 Å². The average molecular weight is 286 g/mol. The van der Waals surface area contributed by atoms with Crippen molar-refractivity contribution in [2.45, 2.75) is 13.0 Å². The summed E-state index contributed by atoms with van der Waals surface area (Å²) in [6.45, 7) is 1.97. The summed E-state index contributed by atoms with van der Waals surface area (Å²) >= 11 is 0. The maximum atomic E-state index is 13.7. The number of rotatable bonds is 3. The lowest BCUT2D eigenvalue weighted by Gasteiger charge is -2.14. The third-order valence-electron chi connectivity index (χ3n) is 3.50. The fourth-order valence-electron chi connectivity index (χ4n) is 2.45. The van der Waals surface area contributed by atoms with Crippen LogP contribution < -0.4 is 15.4 Å². The third-order valence-corrected chi connectivity index (χ3v) is 3.50. The number of carbonyl (C=O) groups excluding carboxylic acids is 1. The molecule has 5 heteroatoms. The Morgan fingerprint density at radius 2 is 2.05 bits per heavy atom. The van der Waals surface area contributed by atoms with Gasteiger partial charge in [0.15, 0.2) is 11.6 Å². The number of amides is 1. The number of ether oxygens (including phenoxy) is 1.